The summed E-state index contributed by atoms with van der Waals surface area (Å²) < 4.78 is 0.419. The van der Waals surface area contributed by atoms with E-state index in [1.807, 2.05) is 11.3 Å². The summed E-state index contributed by atoms with van der Waals surface area (Å²) in [6.07, 6.45) is 6.00. The lowest BCUT2D eigenvalue weighted by molar-refractivity contribution is 0.637. The second-order valence-corrected chi connectivity index (χ2v) is 9.01. The van der Waals surface area contributed by atoms with Gasteiger partial charge in [-0.15, -0.1) is 11.3 Å². The summed E-state index contributed by atoms with van der Waals surface area (Å²) in [5, 5.41) is 4.78. The molecule has 1 aromatic heterocycles. The Morgan fingerprint density at radius 1 is 1.42 bits per heavy atom. The molecule has 0 radical (unpaired) electrons. The van der Waals surface area contributed by atoms with Crippen molar-refractivity contribution in [1.82, 2.24) is 10.3 Å². The van der Waals surface area contributed by atoms with Gasteiger partial charge in [0.05, 0.1) is 0 Å². The van der Waals surface area contributed by atoms with Crippen LogP contribution in [0.25, 0.3) is 0 Å². The van der Waals surface area contributed by atoms with E-state index in [1.165, 1.54) is 35.0 Å². The number of hydrogen-bond donors (Lipinski definition) is 1. The van der Waals surface area contributed by atoms with Crippen LogP contribution in [0.3, 0.4) is 0 Å². The topological polar surface area (TPSA) is 28.2 Å². The van der Waals surface area contributed by atoms with E-state index in [0.29, 0.717) is 4.75 Å². The molecule has 0 unspecified atom stereocenters. The SMILES string of the molecule is CC1(C)CCN(c2ncc(CNC3CC3)s2)CCS1. The van der Waals surface area contributed by atoms with E-state index in [4.69, 9.17) is 0 Å². The summed E-state index contributed by atoms with van der Waals surface area (Å²) in [6.45, 7) is 7.98. The monoisotopic (exact) mass is 297 g/mol. The Morgan fingerprint density at radius 3 is 3.05 bits per heavy atom. The first-order valence-corrected chi connectivity index (χ1v) is 9.00. The molecule has 1 aliphatic carbocycles. The maximum Gasteiger partial charge on any atom is 0.185 e. The summed E-state index contributed by atoms with van der Waals surface area (Å²) in [5.74, 6) is 1.21. The zero-order valence-corrected chi connectivity index (χ0v) is 13.4. The van der Waals surface area contributed by atoms with Gasteiger partial charge in [0.25, 0.3) is 0 Å². The summed E-state index contributed by atoms with van der Waals surface area (Å²) in [6, 6.07) is 0.779. The molecule has 0 bridgehead atoms. The quantitative estimate of drug-likeness (QED) is 0.924. The first-order chi connectivity index (χ1) is 9.12. The number of nitrogens with one attached hydrogen (secondary N) is 1. The van der Waals surface area contributed by atoms with Gasteiger partial charge in [-0.05, 0) is 19.3 Å². The molecule has 0 amide bonds. The normalized spacial score (nSPS) is 23.4. The summed E-state index contributed by atoms with van der Waals surface area (Å²) >= 11 is 3.95. The number of thioether (sulfide) groups is 1. The average Bonchev–Trinajstić information content (AvgIpc) is 3.11. The van der Waals surface area contributed by atoms with Crippen molar-refractivity contribution in [2.75, 3.05) is 23.7 Å². The fourth-order valence-corrected chi connectivity index (χ4v) is 4.28. The van der Waals surface area contributed by atoms with Crippen molar-refractivity contribution in [1.29, 1.82) is 0 Å². The van der Waals surface area contributed by atoms with Gasteiger partial charge in [-0.1, -0.05) is 13.8 Å². The molecule has 0 atom stereocenters. The Kier molecular flexibility index (Phi) is 4.06. The van der Waals surface area contributed by atoms with E-state index in [2.05, 4.69) is 47.0 Å². The minimum absolute atomic E-state index is 0.419. The molecule has 2 aliphatic rings. The van der Waals surface area contributed by atoms with Crippen LogP contribution in [0, 0.1) is 0 Å². The van der Waals surface area contributed by atoms with E-state index < -0.39 is 0 Å². The molecule has 1 saturated carbocycles. The van der Waals surface area contributed by atoms with E-state index in [-0.39, 0.29) is 0 Å². The standard InChI is InChI=1S/C14H23N3S2/c1-14(2)5-6-17(7-8-18-14)13-16-10-12(19-13)9-15-11-3-4-11/h10-11,15H,3-9H2,1-2H3. The molecule has 3 rings (SSSR count). The van der Waals surface area contributed by atoms with Crippen LogP contribution in [0.2, 0.25) is 0 Å². The van der Waals surface area contributed by atoms with Crippen molar-refractivity contribution in [3.8, 4) is 0 Å². The summed E-state index contributed by atoms with van der Waals surface area (Å²) in [4.78, 5) is 8.46. The van der Waals surface area contributed by atoms with Gasteiger partial charge in [0.1, 0.15) is 0 Å². The predicted molar refractivity (Wildman–Crippen MR) is 85.3 cm³/mol. The molecular formula is C14H23N3S2. The number of anilines is 1. The van der Waals surface area contributed by atoms with Crippen LogP contribution in [0.5, 0.6) is 0 Å². The van der Waals surface area contributed by atoms with Gasteiger partial charge in [0.15, 0.2) is 5.13 Å². The lowest BCUT2D eigenvalue weighted by Crippen LogP contribution is -2.26. The van der Waals surface area contributed by atoms with Crippen LogP contribution in [0.15, 0.2) is 6.20 Å². The van der Waals surface area contributed by atoms with Crippen LogP contribution in [-0.2, 0) is 6.54 Å². The Bertz CT molecular complexity index is 426. The van der Waals surface area contributed by atoms with Gasteiger partial charge in [0, 0.05) is 47.2 Å². The van der Waals surface area contributed by atoms with Crippen molar-refractivity contribution < 1.29 is 0 Å². The first kappa shape index (κ1) is 13.7. The number of nitrogens with zero attached hydrogens (tertiary/aromatic N) is 2. The molecule has 3 nitrogen and oxygen atoms in total. The van der Waals surface area contributed by atoms with Crippen molar-refractivity contribution in [2.45, 2.75) is 50.4 Å². The lowest BCUT2D eigenvalue weighted by atomic mass is 10.1. The molecule has 19 heavy (non-hydrogen) atoms. The molecular weight excluding hydrogens is 274 g/mol. The molecule has 0 aromatic carbocycles. The molecule has 5 heteroatoms. The van der Waals surface area contributed by atoms with Gasteiger partial charge < -0.3 is 10.2 Å². The van der Waals surface area contributed by atoms with E-state index in [1.54, 1.807) is 0 Å². The Hall–Kier alpha value is -0.260. The van der Waals surface area contributed by atoms with Crippen LogP contribution in [0.4, 0.5) is 5.13 Å². The molecule has 1 aliphatic heterocycles. The second kappa shape index (κ2) is 5.62. The van der Waals surface area contributed by atoms with Crippen molar-refractivity contribution in [2.24, 2.45) is 0 Å². The highest BCUT2D eigenvalue weighted by Crippen LogP contribution is 2.33. The third-order valence-corrected chi connectivity index (χ3v) is 6.22. The van der Waals surface area contributed by atoms with Crippen molar-refractivity contribution in [3.05, 3.63) is 11.1 Å². The number of rotatable bonds is 4. The van der Waals surface area contributed by atoms with Gasteiger partial charge in [-0.25, -0.2) is 4.98 Å². The third kappa shape index (κ3) is 3.86. The molecule has 1 aromatic rings. The van der Waals surface area contributed by atoms with Crippen LogP contribution in [0.1, 0.15) is 38.0 Å². The van der Waals surface area contributed by atoms with Gasteiger partial charge in [-0.2, -0.15) is 11.8 Å². The van der Waals surface area contributed by atoms with E-state index >= 15 is 0 Å². The zero-order chi connectivity index (χ0) is 13.3. The highest BCUT2D eigenvalue weighted by molar-refractivity contribution is 8.00. The third-order valence-electron chi connectivity index (χ3n) is 3.79. The predicted octanol–water partition coefficient (Wildman–Crippen LogP) is 3.12. The number of aromatic nitrogens is 1. The Labute approximate surface area is 124 Å². The summed E-state index contributed by atoms with van der Waals surface area (Å²) in [5.41, 5.74) is 0. The van der Waals surface area contributed by atoms with Crippen LogP contribution >= 0.6 is 23.1 Å². The minimum Gasteiger partial charge on any atom is -0.347 e. The van der Waals surface area contributed by atoms with Crippen LogP contribution < -0.4 is 10.2 Å². The Morgan fingerprint density at radius 2 is 2.26 bits per heavy atom. The lowest BCUT2D eigenvalue weighted by Gasteiger charge is -2.22. The highest BCUT2D eigenvalue weighted by Gasteiger charge is 2.25. The number of hydrogen-bond acceptors (Lipinski definition) is 5. The summed E-state index contributed by atoms with van der Waals surface area (Å²) in [7, 11) is 0. The largest absolute Gasteiger partial charge is 0.347 e. The van der Waals surface area contributed by atoms with Crippen molar-refractivity contribution >= 4 is 28.2 Å². The van der Waals surface area contributed by atoms with Gasteiger partial charge >= 0.3 is 0 Å². The fraction of sp³-hybridized carbons (Fsp3) is 0.786. The second-order valence-electron chi connectivity index (χ2n) is 6.11. The molecule has 1 N–H and O–H groups in total. The molecule has 2 heterocycles. The van der Waals surface area contributed by atoms with E-state index in [9.17, 15) is 0 Å². The maximum absolute atomic E-state index is 4.62. The van der Waals surface area contributed by atoms with Gasteiger partial charge in [-0.3, -0.25) is 0 Å². The Balaban J connectivity index is 1.58. The first-order valence-electron chi connectivity index (χ1n) is 7.19. The fourth-order valence-electron chi connectivity index (χ4n) is 2.27. The average molecular weight is 297 g/mol. The van der Waals surface area contributed by atoms with Crippen LogP contribution in [-0.4, -0.2) is 34.6 Å². The zero-order valence-electron chi connectivity index (χ0n) is 11.8. The van der Waals surface area contributed by atoms with Crippen molar-refractivity contribution in [3.63, 3.8) is 0 Å². The maximum atomic E-state index is 4.62. The minimum atomic E-state index is 0.419. The molecule has 106 valence electrons. The molecule has 1 saturated heterocycles. The number of thiazole rings is 1. The molecule has 2 fully saturated rings. The highest BCUT2D eigenvalue weighted by atomic mass is 32.2. The smallest absolute Gasteiger partial charge is 0.185 e. The van der Waals surface area contributed by atoms with E-state index in [0.717, 1.165) is 25.7 Å². The molecule has 0 spiro atoms. The van der Waals surface area contributed by atoms with Gasteiger partial charge in [0.2, 0.25) is 0 Å².